The number of urea groups is 1. The number of anilines is 1. The molecule has 3 rings (SSSR count). The van der Waals surface area contributed by atoms with Crippen LogP contribution in [0, 0.1) is 24.4 Å². The summed E-state index contributed by atoms with van der Waals surface area (Å²) in [6.45, 7) is 5.17. The summed E-state index contributed by atoms with van der Waals surface area (Å²) in [7, 11) is 2.07. The molecular formula is C23H30F3N5O5S. The van der Waals surface area contributed by atoms with Crippen molar-refractivity contribution in [3.05, 3.63) is 40.2 Å². The van der Waals surface area contributed by atoms with Crippen molar-refractivity contribution in [2.24, 2.45) is 0 Å². The number of aromatic carboxylic acids is 1. The number of piperazine rings is 1. The molecule has 0 spiro atoms. The number of carboxylic acid groups (broad SMARTS) is 1. The van der Waals surface area contributed by atoms with E-state index in [2.05, 4.69) is 31.9 Å². The standard InChI is InChI=1S/C23H30F3N5O5S/c1-13-11-16(24)15(19(26)18(13)25)12-36-20-17(22(33)34)21(37-29-20)28-23(35)27-5-3-14(32)4-6-31-9-7-30(2)8-10-31/h11,14,32H,3-10,12H2,1-2H3,(H,33,34)(H2,27,28,35). The number of hydrogen-bond acceptors (Lipinski definition) is 8. The number of amides is 2. The number of rotatable bonds is 11. The van der Waals surface area contributed by atoms with Crippen LogP contribution in [0.1, 0.15) is 34.3 Å². The summed E-state index contributed by atoms with van der Waals surface area (Å²) in [6.07, 6.45) is 0.275. The molecule has 1 aliphatic rings. The van der Waals surface area contributed by atoms with E-state index in [4.69, 9.17) is 4.74 Å². The summed E-state index contributed by atoms with van der Waals surface area (Å²) in [5.74, 6) is -5.69. The Hall–Kier alpha value is -2.94. The zero-order chi connectivity index (χ0) is 27.1. The Morgan fingerprint density at radius 3 is 2.57 bits per heavy atom. The summed E-state index contributed by atoms with van der Waals surface area (Å²) in [4.78, 5) is 28.5. The first kappa shape index (κ1) is 28.6. The molecule has 1 atom stereocenters. The highest BCUT2D eigenvalue weighted by Gasteiger charge is 2.25. The molecule has 2 heterocycles. The number of carbonyl (C=O) groups excluding carboxylic acids is 1. The first-order chi connectivity index (χ1) is 17.6. The van der Waals surface area contributed by atoms with E-state index < -0.39 is 59.2 Å². The molecule has 0 saturated carbocycles. The molecule has 37 heavy (non-hydrogen) atoms. The number of carbonyl (C=O) groups is 2. The second kappa shape index (κ2) is 13.0. The minimum Gasteiger partial charge on any atom is -0.477 e. The third-order valence-electron chi connectivity index (χ3n) is 6.03. The molecule has 14 heteroatoms. The van der Waals surface area contributed by atoms with Gasteiger partial charge in [0.1, 0.15) is 17.4 Å². The average molecular weight is 546 g/mol. The Labute approximate surface area is 216 Å². The van der Waals surface area contributed by atoms with E-state index in [-0.39, 0.29) is 17.1 Å². The van der Waals surface area contributed by atoms with Crippen molar-refractivity contribution in [2.45, 2.75) is 32.5 Å². The number of ether oxygens (including phenoxy) is 1. The molecule has 0 bridgehead atoms. The predicted octanol–water partition coefficient (Wildman–Crippen LogP) is 2.66. The lowest BCUT2D eigenvalue weighted by Gasteiger charge is -2.32. The predicted molar refractivity (Wildman–Crippen MR) is 131 cm³/mol. The van der Waals surface area contributed by atoms with Gasteiger partial charge in [0.25, 0.3) is 0 Å². The number of aliphatic hydroxyl groups excluding tert-OH is 1. The van der Waals surface area contributed by atoms with Crippen LogP contribution < -0.4 is 15.4 Å². The molecule has 2 amide bonds. The van der Waals surface area contributed by atoms with E-state index >= 15 is 0 Å². The number of nitrogens with one attached hydrogen (secondary N) is 2. The molecule has 2 aromatic rings. The van der Waals surface area contributed by atoms with Crippen molar-refractivity contribution in [1.82, 2.24) is 19.5 Å². The maximum atomic E-state index is 14.1. The zero-order valence-corrected chi connectivity index (χ0v) is 21.3. The summed E-state index contributed by atoms with van der Waals surface area (Å²) in [5.41, 5.74) is -1.45. The Kier molecular flexibility index (Phi) is 10.1. The van der Waals surface area contributed by atoms with Gasteiger partial charge in [-0.2, -0.15) is 4.37 Å². The van der Waals surface area contributed by atoms with E-state index in [1.807, 2.05) is 0 Å². The number of hydrogen-bond donors (Lipinski definition) is 4. The number of nitrogens with zero attached hydrogens (tertiary/aromatic N) is 3. The number of likely N-dealkylation sites (N-methyl/N-ethyl adjacent to an activating group) is 1. The highest BCUT2D eigenvalue weighted by molar-refractivity contribution is 7.11. The monoisotopic (exact) mass is 545 g/mol. The largest absolute Gasteiger partial charge is 0.477 e. The third-order valence-corrected chi connectivity index (χ3v) is 6.77. The quantitative estimate of drug-likeness (QED) is 0.318. The van der Waals surface area contributed by atoms with Crippen LogP contribution in [0.15, 0.2) is 6.07 Å². The van der Waals surface area contributed by atoms with E-state index in [1.54, 1.807) is 0 Å². The summed E-state index contributed by atoms with van der Waals surface area (Å²) in [6, 6.07) is 0.0818. The Morgan fingerprint density at radius 2 is 1.89 bits per heavy atom. The molecular weight excluding hydrogens is 515 g/mol. The van der Waals surface area contributed by atoms with Gasteiger partial charge in [-0.25, -0.2) is 22.8 Å². The van der Waals surface area contributed by atoms with Gasteiger partial charge in [0.15, 0.2) is 17.2 Å². The minimum atomic E-state index is -1.49. The van der Waals surface area contributed by atoms with E-state index in [9.17, 15) is 33.0 Å². The van der Waals surface area contributed by atoms with Crippen LogP contribution in [0.3, 0.4) is 0 Å². The number of aliphatic hydroxyl groups is 1. The Morgan fingerprint density at radius 1 is 1.19 bits per heavy atom. The SMILES string of the molecule is Cc1cc(F)c(COc2nsc(NC(=O)NCCC(O)CCN3CCN(C)CC3)c2C(=O)O)c(F)c1F. The maximum absolute atomic E-state index is 14.1. The van der Waals surface area contributed by atoms with Gasteiger partial charge in [0, 0.05) is 39.3 Å². The van der Waals surface area contributed by atoms with Crippen molar-refractivity contribution < 1.29 is 37.7 Å². The molecule has 4 N–H and O–H groups in total. The van der Waals surface area contributed by atoms with Crippen LogP contribution in [-0.4, -0.2) is 88.8 Å². The van der Waals surface area contributed by atoms with Crippen molar-refractivity contribution in [3.63, 3.8) is 0 Å². The van der Waals surface area contributed by atoms with E-state index in [0.717, 1.165) is 38.8 Å². The first-order valence-electron chi connectivity index (χ1n) is 11.7. The Bertz CT molecular complexity index is 1110. The van der Waals surface area contributed by atoms with Crippen LogP contribution in [0.4, 0.5) is 23.0 Å². The van der Waals surface area contributed by atoms with Crippen LogP contribution in [-0.2, 0) is 6.61 Å². The number of carboxylic acids is 1. The molecule has 1 unspecified atom stereocenters. The van der Waals surface area contributed by atoms with Gasteiger partial charge in [0.2, 0.25) is 5.88 Å². The third kappa shape index (κ3) is 7.77. The van der Waals surface area contributed by atoms with Crippen LogP contribution in [0.2, 0.25) is 0 Å². The first-order valence-corrected chi connectivity index (χ1v) is 12.5. The molecule has 10 nitrogen and oxygen atoms in total. The van der Waals surface area contributed by atoms with Crippen LogP contribution in [0.25, 0.3) is 0 Å². The van der Waals surface area contributed by atoms with Gasteiger partial charge in [-0.3, -0.25) is 5.32 Å². The Balaban J connectivity index is 1.49. The average Bonchev–Trinajstić information content (AvgIpc) is 3.24. The summed E-state index contributed by atoms with van der Waals surface area (Å²) >= 11 is 0.598. The van der Waals surface area contributed by atoms with Crippen molar-refractivity contribution >= 4 is 28.5 Å². The van der Waals surface area contributed by atoms with Crippen molar-refractivity contribution in [1.29, 1.82) is 0 Å². The molecule has 0 aliphatic carbocycles. The smallest absolute Gasteiger partial charge is 0.344 e. The number of aryl methyl sites for hydroxylation is 1. The topological polar surface area (TPSA) is 127 Å². The molecule has 1 aromatic carbocycles. The number of benzene rings is 1. The van der Waals surface area contributed by atoms with Gasteiger partial charge < -0.3 is 30.1 Å². The summed E-state index contributed by atoms with van der Waals surface area (Å²) < 4.78 is 50.9. The van der Waals surface area contributed by atoms with Crippen LogP contribution in [0.5, 0.6) is 5.88 Å². The highest BCUT2D eigenvalue weighted by atomic mass is 32.1. The molecule has 204 valence electrons. The van der Waals surface area contributed by atoms with Gasteiger partial charge in [-0.15, -0.1) is 0 Å². The molecule has 0 radical (unpaired) electrons. The number of aromatic nitrogens is 1. The van der Waals surface area contributed by atoms with Crippen molar-refractivity contribution in [3.8, 4) is 5.88 Å². The fourth-order valence-corrected chi connectivity index (χ4v) is 4.44. The molecule has 1 fully saturated rings. The van der Waals surface area contributed by atoms with Gasteiger partial charge >= 0.3 is 12.0 Å². The van der Waals surface area contributed by atoms with E-state index in [1.165, 1.54) is 6.92 Å². The van der Waals surface area contributed by atoms with Crippen molar-refractivity contribution in [2.75, 3.05) is 51.6 Å². The molecule has 1 saturated heterocycles. The lowest BCUT2D eigenvalue weighted by atomic mass is 10.1. The molecule has 1 aliphatic heterocycles. The lowest BCUT2D eigenvalue weighted by molar-refractivity contribution is 0.0692. The van der Waals surface area contributed by atoms with Gasteiger partial charge in [-0.1, -0.05) is 0 Å². The normalized spacial score (nSPS) is 15.4. The number of halogens is 3. The minimum absolute atomic E-state index is 0.151. The van der Waals surface area contributed by atoms with Crippen LogP contribution >= 0.6 is 11.5 Å². The summed E-state index contributed by atoms with van der Waals surface area (Å²) in [5, 5.41) is 24.5. The van der Waals surface area contributed by atoms with Gasteiger partial charge in [-0.05, 0) is 50.0 Å². The lowest BCUT2D eigenvalue weighted by Crippen LogP contribution is -2.45. The fraction of sp³-hybridized carbons (Fsp3) is 0.522. The zero-order valence-electron chi connectivity index (χ0n) is 20.5. The van der Waals surface area contributed by atoms with E-state index in [0.29, 0.717) is 24.4 Å². The van der Waals surface area contributed by atoms with Gasteiger partial charge in [0.05, 0.1) is 11.7 Å². The maximum Gasteiger partial charge on any atom is 0.344 e. The fourth-order valence-electron chi connectivity index (χ4n) is 3.72. The second-order valence-electron chi connectivity index (χ2n) is 8.82. The second-order valence-corrected chi connectivity index (χ2v) is 9.60. The molecule has 1 aromatic heterocycles. The highest BCUT2D eigenvalue weighted by Crippen LogP contribution is 2.32.